The van der Waals surface area contributed by atoms with Crippen molar-refractivity contribution in [3.8, 4) is 17.0 Å². The summed E-state index contributed by atoms with van der Waals surface area (Å²) in [6, 6.07) is 5.83. The zero-order valence-corrected chi connectivity index (χ0v) is 12.3. The van der Waals surface area contributed by atoms with E-state index in [1.807, 2.05) is 18.2 Å². The first-order chi connectivity index (χ1) is 11.3. The number of ether oxygens (including phenoxy) is 1. The highest BCUT2D eigenvalue weighted by Gasteiger charge is 2.27. The molecule has 3 aromatic rings. The van der Waals surface area contributed by atoms with Gasteiger partial charge in [0.1, 0.15) is 11.4 Å². The van der Waals surface area contributed by atoms with Crippen LogP contribution in [-0.2, 0) is 12.8 Å². The van der Waals surface area contributed by atoms with Crippen molar-refractivity contribution < 1.29 is 9.53 Å². The average Bonchev–Trinajstić information content (AvgIpc) is 3.23. The van der Waals surface area contributed by atoms with Gasteiger partial charge in [-0.15, -0.1) is 5.10 Å². The number of hydrogen-bond donors (Lipinski definition) is 3. The van der Waals surface area contributed by atoms with Crippen molar-refractivity contribution >= 4 is 11.9 Å². The van der Waals surface area contributed by atoms with Crippen LogP contribution in [0, 0.1) is 0 Å². The highest BCUT2D eigenvalue weighted by molar-refractivity contribution is 6.04. The Morgan fingerprint density at radius 2 is 2.13 bits per heavy atom. The number of tetrazole rings is 1. The molecule has 0 spiro atoms. The fourth-order valence-corrected chi connectivity index (χ4v) is 2.88. The number of aromatic nitrogens is 6. The summed E-state index contributed by atoms with van der Waals surface area (Å²) in [7, 11) is 1.65. The highest BCUT2D eigenvalue weighted by atomic mass is 16.5. The number of methoxy groups -OCH3 is 1. The van der Waals surface area contributed by atoms with Crippen LogP contribution in [0.4, 0.5) is 5.95 Å². The molecule has 2 aromatic heterocycles. The van der Waals surface area contributed by atoms with Crippen LogP contribution in [0.15, 0.2) is 18.2 Å². The topological polar surface area (TPSA) is 121 Å². The molecule has 1 aromatic carbocycles. The Labute approximate surface area is 130 Å². The second kappa shape index (κ2) is 5.20. The maximum absolute atomic E-state index is 12.4. The first-order valence-electron chi connectivity index (χ1n) is 7.06. The highest BCUT2D eigenvalue weighted by Crippen LogP contribution is 2.38. The predicted octanol–water partition coefficient (Wildman–Crippen LogP) is 0.949. The molecule has 0 radical (unpaired) electrons. The van der Waals surface area contributed by atoms with Crippen LogP contribution in [0.3, 0.4) is 0 Å². The Morgan fingerprint density at radius 1 is 1.26 bits per heavy atom. The maximum atomic E-state index is 12.4. The van der Waals surface area contributed by atoms with E-state index in [0.29, 0.717) is 12.1 Å². The lowest BCUT2D eigenvalue weighted by atomic mass is 9.88. The van der Waals surface area contributed by atoms with E-state index in [-0.39, 0.29) is 11.9 Å². The summed E-state index contributed by atoms with van der Waals surface area (Å²) < 4.78 is 5.41. The molecule has 9 nitrogen and oxygen atoms in total. The molecule has 1 aliphatic rings. The third-order valence-corrected chi connectivity index (χ3v) is 3.90. The zero-order chi connectivity index (χ0) is 15.8. The first-order valence-corrected chi connectivity index (χ1v) is 7.06. The molecular formula is C14H13N7O2. The normalized spacial score (nSPS) is 12.4. The van der Waals surface area contributed by atoms with Crippen molar-refractivity contribution in [1.82, 2.24) is 30.8 Å². The summed E-state index contributed by atoms with van der Waals surface area (Å²) in [6.07, 6.45) is 1.49. The molecule has 0 unspecified atom stereocenters. The minimum atomic E-state index is -0.341. The molecule has 0 saturated carbocycles. The molecule has 1 aliphatic carbocycles. The van der Waals surface area contributed by atoms with Crippen LogP contribution in [0.1, 0.15) is 21.6 Å². The third-order valence-electron chi connectivity index (χ3n) is 3.90. The molecule has 3 N–H and O–H groups in total. The van der Waals surface area contributed by atoms with Crippen LogP contribution in [-0.4, -0.2) is 43.8 Å². The summed E-state index contributed by atoms with van der Waals surface area (Å²) >= 11 is 0. The Morgan fingerprint density at radius 3 is 2.91 bits per heavy atom. The van der Waals surface area contributed by atoms with E-state index >= 15 is 0 Å². The number of carbonyl (C=O) groups is 1. The quantitative estimate of drug-likeness (QED) is 0.662. The Bertz CT molecular complexity index is 869. The fourth-order valence-electron chi connectivity index (χ4n) is 2.88. The smallest absolute Gasteiger partial charge is 0.276 e. The number of amides is 1. The van der Waals surface area contributed by atoms with Crippen molar-refractivity contribution in [3.63, 3.8) is 0 Å². The average molecular weight is 311 g/mol. The lowest BCUT2D eigenvalue weighted by Crippen LogP contribution is -2.16. The molecule has 116 valence electrons. The van der Waals surface area contributed by atoms with Crippen molar-refractivity contribution in [2.75, 3.05) is 12.4 Å². The molecule has 9 heteroatoms. The number of hydrogen-bond acceptors (Lipinski definition) is 6. The van der Waals surface area contributed by atoms with Gasteiger partial charge in [0.15, 0.2) is 0 Å². The van der Waals surface area contributed by atoms with E-state index in [0.717, 1.165) is 34.6 Å². The number of nitrogens with one attached hydrogen (secondary N) is 3. The molecule has 1 amide bonds. The summed E-state index contributed by atoms with van der Waals surface area (Å²) in [5.74, 6) is 0.622. The SMILES string of the molecule is COc1cccc2c1CCc1c-2n[nH]c1C(=O)Nc1nn[nH]n1. The van der Waals surface area contributed by atoms with Gasteiger partial charge in [-0.2, -0.15) is 10.3 Å². The monoisotopic (exact) mass is 311 g/mol. The molecule has 0 bridgehead atoms. The molecule has 4 rings (SSSR count). The van der Waals surface area contributed by atoms with Crippen LogP contribution in [0.5, 0.6) is 5.75 Å². The number of benzene rings is 1. The zero-order valence-electron chi connectivity index (χ0n) is 12.3. The van der Waals surface area contributed by atoms with Crippen LogP contribution in [0.25, 0.3) is 11.3 Å². The standard InChI is InChI=1S/C14H13N7O2/c1-23-10-4-2-3-8-7(10)5-6-9-11(8)16-17-12(9)13(22)15-14-18-20-21-19-14/h2-4H,5-6H2,1H3,(H,16,17)(H2,15,18,19,20,21,22). The van der Waals surface area contributed by atoms with Gasteiger partial charge >= 0.3 is 0 Å². The largest absolute Gasteiger partial charge is 0.496 e. The fraction of sp³-hybridized carbons (Fsp3) is 0.214. The minimum Gasteiger partial charge on any atom is -0.496 e. The maximum Gasteiger partial charge on any atom is 0.276 e. The van der Waals surface area contributed by atoms with Gasteiger partial charge in [0, 0.05) is 16.7 Å². The van der Waals surface area contributed by atoms with Gasteiger partial charge in [0.05, 0.1) is 12.8 Å². The van der Waals surface area contributed by atoms with Crippen LogP contribution >= 0.6 is 0 Å². The Hall–Kier alpha value is -3.23. The van der Waals surface area contributed by atoms with Gasteiger partial charge in [-0.05, 0) is 24.1 Å². The molecular weight excluding hydrogens is 298 g/mol. The van der Waals surface area contributed by atoms with Gasteiger partial charge in [0.2, 0.25) is 0 Å². The van der Waals surface area contributed by atoms with E-state index in [9.17, 15) is 4.79 Å². The van der Waals surface area contributed by atoms with Crippen LogP contribution in [0.2, 0.25) is 0 Å². The van der Waals surface area contributed by atoms with E-state index in [1.54, 1.807) is 7.11 Å². The van der Waals surface area contributed by atoms with Gasteiger partial charge in [0.25, 0.3) is 11.9 Å². The molecule has 0 atom stereocenters. The molecule has 23 heavy (non-hydrogen) atoms. The van der Waals surface area contributed by atoms with E-state index in [1.165, 1.54) is 0 Å². The Balaban J connectivity index is 1.72. The van der Waals surface area contributed by atoms with Gasteiger partial charge < -0.3 is 4.74 Å². The van der Waals surface area contributed by atoms with E-state index in [2.05, 4.69) is 36.1 Å². The number of anilines is 1. The summed E-state index contributed by atoms with van der Waals surface area (Å²) in [5.41, 5.74) is 4.17. The first kappa shape index (κ1) is 13.4. The minimum absolute atomic E-state index is 0.122. The summed E-state index contributed by atoms with van der Waals surface area (Å²) in [4.78, 5) is 12.4. The van der Waals surface area contributed by atoms with Gasteiger partial charge in [-0.25, -0.2) is 0 Å². The number of aromatic amines is 2. The molecule has 0 aliphatic heterocycles. The second-order valence-electron chi connectivity index (χ2n) is 5.10. The number of rotatable bonds is 3. The van der Waals surface area contributed by atoms with Crippen molar-refractivity contribution in [3.05, 3.63) is 35.0 Å². The number of carbonyl (C=O) groups excluding carboxylic acids is 1. The van der Waals surface area contributed by atoms with E-state index < -0.39 is 0 Å². The third kappa shape index (κ3) is 2.13. The molecule has 0 fully saturated rings. The Kier molecular flexibility index (Phi) is 3.04. The summed E-state index contributed by atoms with van der Waals surface area (Å²) in [5, 5.41) is 22.8. The predicted molar refractivity (Wildman–Crippen MR) is 80.1 cm³/mol. The lowest BCUT2D eigenvalue weighted by molar-refractivity contribution is 0.102. The summed E-state index contributed by atoms with van der Waals surface area (Å²) in [6.45, 7) is 0. The van der Waals surface area contributed by atoms with Gasteiger partial charge in [-0.3, -0.25) is 15.2 Å². The molecule has 2 heterocycles. The lowest BCUT2D eigenvalue weighted by Gasteiger charge is -2.18. The van der Waals surface area contributed by atoms with Gasteiger partial charge in [-0.1, -0.05) is 17.2 Å². The van der Waals surface area contributed by atoms with Crippen LogP contribution < -0.4 is 10.1 Å². The molecule has 0 saturated heterocycles. The number of fused-ring (bicyclic) bond motifs is 3. The second-order valence-corrected chi connectivity index (χ2v) is 5.10. The number of H-pyrrole nitrogens is 2. The van der Waals surface area contributed by atoms with Crippen molar-refractivity contribution in [1.29, 1.82) is 0 Å². The number of nitrogens with zero attached hydrogens (tertiary/aromatic N) is 4. The van der Waals surface area contributed by atoms with E-state index in [4.69, 9.17) is 4.74 Å². The van der Waals surface area contributed by atoms with Crippen molar-refractivity contribution in [2.24, 2.45) is 0 Å². The van der Waals surface area contributed by atoms with Crippen molar-refractivity contribution in [2.45, 2.75) is 12.8 Å².